The van der Waals surface area contributed by atoms with E-state index in [1.807, 2.05) is 11.3 Å². The number of hydrogen-bond donors (Lipinski definition) is 1. The molecule has 0 bridgehead atoms. The fourth-order valence-electron chi connectivity index (χ4n) is 2.38. The van der Waals surface area contributed by atoms with Gasteiger partial charge in [0.1, 0.15) is 0 Å². The van der Waals surface area contributed by atoms with Crippen LogP contribution in [0.3, 0.4) is 0 Å². The Kier molecular flexibility index (Phi) is 5.81. The van der Waals surface area contributed by atoms with Crippen molar-refractivity contribution in [3.05, 3.63) is 57.8 Å². The highest BCUT2D eigenvalue weighted by atomic mass is 32.1. The molecule has 0 radical (unpaired) electrons. The predicted octanol–water partition coefficient (Wildman–Crippen LogP) is 4.63. The molecule has 0 saturated carbocycles. The summed E-state index contributed by atoms with van der Waals surface area (Å²) < 4.78 is 0. The zero-order valence-electron chi connectivity index (χ0n) is 12.7. The lowest BCUT2D eigenvalue weighted by Crippen LogP contribution is -2.28. The van der Waals surface area contributed by atoms with Crippen LogP contribution in [0, 0.1) is 0 Å². The SMILES string of the molecule is CCc1ccc(CC(CNC(C)C)c2ccccc2)s1. The van der Waals surface area contributed by atoms with Gasteiger partial charge in [0.15, 0.2) is 0 Å². The molecular weight excluding hydrogens is 262 g/mol. The van der Waals surface area contributed by atoms with Gasteiger partial charge in [0.25, 0.3) is 0 Å². The van der Waals surface area contributed by atoms with Gasteiger partial charge in [-0.2, -0.15) is 0 Å². The van der Waals surface area contributed by atoms with Gasteiger partial charge < -0.3 is 5.32 Å². The highest BCUT2D eigenvalue weighted by molar-refractivity contribution is 7.11. The van der Waals surface area contributed by atoms with Gasteiger partial charge >= 0.3 is 0 Å². The lowest BCUT2D eigenvalue weighted by molar-refractivity contribution is 0.528. The molecule has 1 aromatic heterocycles. The predicted molar refractivity (Wildman–Crippen MR) is 89.7 cm³/mol. The number of thiophene rings is 1. The maximum Gasteiger partial charge on any atom is 0.00547 e. The van der Waals surface area contributed by atoms with Crippen molar-refractivity contribution in [2.45, 2.75) is 45.6 Å². The molecule has 1 N–H and O–H groups in total. The van der Waals surface area contributed by atoms with Crippen LogP contribution in [0.2, 0.25) is 0 Å². The Morgan fingerprint density at radius 3 is 2.30 bits per heavy atom. The summed E-state index contributed by atoms with van der Waals surface area (Å²) in [5, 5.41) is 3.59. The number of aryl methyl sites for hydroxylation is 1. The van der Waals surface area contributed by atoms with Crippen LogP contribution >= 0.6 is 11.3 Å². The zero-order valence-corrected chi connectivity index (χ0v) is 13.5. The van der Waals surface area contributed by atoms with Crippen LogP contribution in [0.1, 0.15) is 42.0 Å². The van der Waals surface area contributed by atoms with E-state index in [9.17, 15) is 0 Å². The smallest absolute Gasteiger partial charge is 0.00547 e. The lowest BCUT2D eigenvalue weighted by Gasteiger charge is -2.19. The summed E-state index contributed by atoms with van der Waals surface area (Å²) in [5.74, 6) is 0.557. The van der Waals surface area contributed by atoms with Crippen molar-refractivity contribution < 1.29 is 0 Å². The Balaban J connectivity index is 2.09. The van der Waals surface area contributed by atoms with Crippen molar-refractivity contribution in [3.63, 3.8) is 0 Å². The number of benzene rings is 1. The molecule has 1 aromatic carbocycles. The maximum absolute atomic E-state index is 3.59. The van der Waals surface area contributed by atoms with E-state index in [-0.39, 0.29) is 0 Å². The third kappa shape index (κ3) is 4.46. The molecule has 2 heteroatoms. The molecule has 20 heavy (non-hydrogen) atoms. The molecule has 0 amide bonds. The molecule has 0 fully saturated rings. The molecular formula is C18H25NS. The minimum atomic E-state index is 0.538. The Labute approximate surface area is 127 Å². The van der Waals surface area contributed by atoms with Gasteiger partial charge in [-0.15, -0.1) is 11.3 Å². The summed E-state index contributed by atoms with van der Waals surface area (Å²) in [5.41, 5.74) is 1.44. The van der Waals surface area contributed by atoms with E-state index in [1.165, 1.54) is 15.3 Å². The van der Waals surface area contributed by atoms with Gasteiger partial charge in [-0.3, -0.25) is 0 Å². The normalized spacial score (nSPS) is 12.8. The fraction of sp³-hybridized carbons (Fsp3) is 0.444. The summed E-state index contributed by atoms with van der Waals surface area (Å²) in [4.78, 5) is 2.99. The first-order chi connectivity index (χ1) is 9.69. The van der Waals surface area contributed by atoms with E-state index in [0.29, 0.717) is 12.0 Å². The van der Waals surface area contributed by atoms with Crippen molar-refractivity contribution in [1.82, 2.24) is 5.32 Å². The van der Waals surface area contributed by atoms with Crippen LogP contribution in [0.4, 0.5) is 0 Å². The van der Waals surface area contributed by atoms with Crippen LogP contribution in [0.5, 0.6) is 0 Å². The zero-order chi connectivity index (χ0) is 14.4. The molecule has 2 rings (SSSR count). The summed E-state index contributed by atoms with van der Waals surface area (Å²) >= 11 is 1.96. The van der Waals surface area contributed by atoms with Crippen molar-refractivity contribution >= 4 is 11.3 Å². The van der Waals surface area contributed by atoms with Gasteiger partial charge in [-0.05, 0) is 30.5 Å². The Morgan fingerprint density at radius 1 is 1.00 bits per heavy atom. The monoisotopic (exact) mass is 287 g/mol. The van der Waals surface area contributed by atoms with Crippen molar-refractivity contribution in [1.29, 1.82) is 0 Å². The first-order valence-corrected chi connectivity index (χ1v) is 8.36. The highest BCUT2D eigenvalue weighted by Gasteiger charge is 2.13. The van der Waals surface area contributed by atoms with Gasteiger partial charge in [-0.1, -0.05) is 51.1 Å². The van der Waals surface area contributed by atoms with Crippen molar-refractivity contribution in [3.8, 4) is 0 Å². The Hall–Kier alpha value is -1.12. The Bertz CT molecular complexity index is 501. The quantitative estimate of drug-likeness (QED) is 0.782. The van der Waals surface area contributed by atoms with Crippen LogP contribution in [0.25, 0.3) is 0 Å². The fourth-order valence-corrected chi connectivity index (χ4v) is 3.41. The van der Waals surface area contributed by atoms with Crippen molar-refractivity contribution in [2.24, 2.45) is 0 Å². The van der Waals surface area contributed by atoms with Crippen LogP contribution in [-0.2, 0) is 12.8 Å². The molecule has 1 atom stereocenters. The van der Waals surface area contributed by atoms with E-state index in [4.69, 9.17) is 0 Å². The molecule has 1 nitrogen and oxygen atoms in total. The average molecular weight is 287 g/mol. The third-order valence-corrected chi connectivity index (χ3v) is 4.81. The van der Waals surface area contributed by atoms with Crippen LogP contribution in [-0.4, -0.2) is 12.6 Å². The summed E-state index contributed by atoms with van der Waals surface area (Å²) in [6.45, 7) is 7.69. The van der Waals surface area contributed by atoms with Gasteiger partial charge in [-0.25, -0.2) is 0 Å². The molecule has 0 spiro atoms. The summed E-state index contributed by atoms with van der Waals surface area (Å²) in [7, 11) is 0. The average Bonchev–Trinajstić information content (AvgIpc) is 2.92. The highest BCUT2D eigenvalue weighted by Crippen LogP contribution is 2.25. The summed E-state index contributed by atoms with van der Waals surface area (Å²) in [6, 6.07) is 16.0. The first-order valence-electron chi connectivity index (χ1n) is 7.55. The molecule has 0 aliphatic rings. The first kappa shape index (κ1) is 15.3. The summed E-state index contributed by atoms with van der Waals surface area (Å²) in [6.07, 6.45) is 2.28. The van der Waals surface area contributed by atoms with E-state index in [1.54, 1.807) is 0 Å². The van der Waals surface area contributed by atoms with E-state index in [2.05, 4.69) is 68.6 Å². The van der Waals surface area contributed by atoms with E-state index < -0.39 is 0 Å². The van der Waals surface area contributed by atoms with Crippen LogP contribution < -0.4 is 5.32 Å². The molecule has 1 heterocycles. The van der Waals surface area contributed by atoms with Crippen molar-refractivity contribution in [2.75, 3.05) is 6.54 Å². The Morgan fingerprint density at radius 2 is 1.70 bits per heavy atom. The molecule has 0 aliphatic heterocycles. The second-order valence-corrected chi connectivity index (χ2v) is 6.85. The van der Waals surface area contributed by atoms with Gasteiger partial charge in [0, 0.05) is 28.3 Å². The maximum atomic E-state index is 3.59. The van der Waals surface area contributed by atoms with Gasteiger partial charge in [0.05, 0.1) is 0 Å². The lowest BCUT2D eigenvalue weighted by atomic mass is 9.94. The number of rotatable bonds is 7. The van der Waals surface area contributed by atoms with Gasteiger partial charge in [0.2, 0.25) is 0 Å². The molecule has 1 unspecified atom stereocenters. The van der Waals surface area contributed by atoms with E-state index in [0.717, 1.165) is 19.4 Å². The minimum Gasteiger partial charge on any atom is -0.314 e. The molecule has 0 aliphatic carbocycles. The number of hydrogen-bond acceptors (Lipinski definition) is 2. The second-order valence-electron chi connectivity index (χ2n) is 5.60. The molecule has 0 saturated heterocycles. The second kappa shape index (κ2) is 7.61. The topological polar surface area (TPSA) is 12.0 Å². The standard InChI is InChI=1S/C18H25NS/c1-4-17-10-11-18(20-17)12-16(13-19-14(2)3)15-8-6-5-7-9-15/h5-11,14,16,19H,4,12-13H2,1-3H3. The molecule has 108 valence electrons. The number of nitrogens with one attached hydrogen (secondary N) is 1. The largest absolute Gasteiger partial charge is 0.314 e. The minimum absolute atomic E-state index is 0.538. The van der Waals surface area contributed by atoms with E-state index >= 15 is 0 Å². The third-order valence-electron chi connectivity index (χ3n) is 3.56. The molecule has 2 aromatic rings. The van der Waals surface area contributed by atoms with Crippen LogP contribution in [0.15, 0.2) is 42.5 Å².